The first-order valence-corrected chi connectivity index (χ1v) is 5.55. The standard InChI is InChI=1S/C13H13NO2/c1-8-4-14-5-10-7-16-12-3-9(6-15)2-11(8)13(10)12/h4-7,9,11H,2-3H2,1H3. The van der Waals surface area contributed by atoms with Gasteiger partial charge in [-0.05, 0) is 18.9 Å². The van der Waals surface area contributed by atoms with Gasteiger partial charge in [0.15, 0.2) is 0 Å². The highest BCUT2D eigenvalue weighted by Crippen LogP contribution is 2.41. The fourth-order valence-electron chi connectivity index (χ4n) is 2.66. The molecule has 2 unspecified atom stereocenters. The molecular weight excluding hydrogens is 202 g/mol. The van der Waals surface area contributed by atoms with Crippen LogP contribution in [0.2, 0.25) is 0 Å². The number of aliphatic imine (C=N–C) groups is 1. The van der Waals surface area contributed by atoms with E-state index in [1.165, 1.54) is 11.1 Å². The molecule has 1 aliphatic carbocycles. The Bertz CT molecular complexity index is 496. The van der Waals surface area contributed by atoms with Crippen LogP contribution in [0.5, 0.6) is 0 Å². The number of aldehydes is 1. The highest BCUT2D eigenvalue weighted by molar-refractivity contribution is 5.84. The summed E-state index contributed by atoms with van der Waals surface area (Å²) in [5.74, 6) is 1.34. The van der Waals surface area contributed by atoms with E-state index in [0.717, 1.165) is 30.5 Å². The molecule has 16 heavy (non-hydrogen) atoms. The summed E-state index contributed by atoms with van der Waals surface area (Å²) in [4.78, 5) is 15.2. The van der Waals surface area contributed by atoms with E-state index in [1.54, 1.807) is 6.26 Å². The van der Waals surface area contributed by atoms with Gasteiger partial charge in [-0.15, -0.1) is 0 Å². The van der Waals surface area contributed by atoms with Crippen molar-refractivity contribution in [1.82, 2.24) is 0 Å². The molecule has 0 N–H and O–H groups in total. The molecule has 1 aliphatic heterocycles. The van der Waals surface area contributed by atoms with Gasteiger partial charge in [-0.2, -0.15) is 0 Å². The lowest BCUT2D eigenvalue weighted by atomic mass is 9.76. The lowest BCUT2D eigenvalue weighted by molar-refractivity contribution is -0.111. The Balaban J connectivity index is 2.15. The topological polar surface area (TPSA) is 42.6 Å². The highest BCUT2D eigenvalue weighted by Gasteiger charge is 2.32. The zero-order chi connectivity index (χ0) is 11.1. The molecule has 2 aliphatic rings. The number of furan rings is 1. The number of hydrogen-bond acceptors (Lipinski definition) is 3. The van der Waals surface area contributed by atoms with E-state index < -0.39 is 0 Å². The summed E-state index contributed by atoms with van der Waals surface area (Å²) in [5, 5.41) is 0. The predicted octanol–water partition coefficient (Wildman–Crippen LogP) is 2.46. The molecule has 0 saturated carbocycles. The maximum absolute atomic E-state index is 11.0. The molecule has 0 spiro atoms. The first-order chi connectivity index (χ1) is 7.79. The highest BCUT2D eigenvalue weighted by atomic mass is 16.3. The van der Waals surface area contributed by atoms with Gasteiger partial charge in [0.1, 0.15) is 12.0 Å². The quantitative estimate of drug-likeness (QED) is 0.675. The second-order valence-electron chi connectivity index (χ2n) is 4.57. The second-order valence-corrected chi connectivity index (χ2v) is 4.57. The van der Waals surface area contributed by atoms with Crippen molar-refractivity contribution < 1.29 is 9.21 Å². The van der Waals surface area contributed by atoms with E-state index in [2.05, 4.69) is 11.9 Å². The SMILES string of the molecule is CC1=CN=Cc2coc3c2C1CC(C=O)C3. The molecule has 2 heterocycles. The van der Waals surface area contributed by atoms with Crippen LogP contribution in [0.4, 0.5) is 0 Å². The number of carbonyl (C=O) groups excluding carboxylic acids is 1. The summed E-state index contributed by atoms with van der Waals surface area (Å²) in [6.45, 7) is 2.07. The van der Waals surface area contributed by atoms with E-state index in [0.29, 0.717) is 5.92 Å². The van der Waals surface area contributed by atoms with Crippen LogP contribution in [0.15, 0.2) is 27.4 Å². The third-order valence-electron chi connectivity index (χ3n) is 3.51. The van der Waals surface area contributed by atoms with E-state index in [1.807, 2.05) is 12.4 Å². The van der Waals surface area contributed by atoms with Crippen molar-refractivity contribution in [1.29, 1.82) is 0 Å². The van der Waals surface area contributed by atoms with Crippen LogP contribution in [0.3, 0.4) is 0 Å². The molecule has 3 nitrogen and oxygen atoms in total. The van der Waals surface area contributed by atoms with Crippen molar-refractivity contribution in [3.05, 3.63) is 34.9 Å². The summed E-state index contributed by atoms with van der Waals surface area (Å²) in [6.07, 6.45) is 8.14. The maximum atomic E-state index is 11.0. The molecule has 0 radical (unpaired) electrons. The fourth-order valence-corrected chi connectivity index (χ4v) is 2.66. The average molecular weight is 215 g/mol. The van der Waals surface area contributed by atoms with Gasteiger partial charge in [-0.25, -0.2) is 0 Å². The second kappa shape index (κ2) is 3.44. The van der Waals surface area contributed by atoms with Crippen LogP contribution in [0.1, 0.15) is 36.1 Å². The number of rotatable bonds is 1. The smallest absolute Gasteiger partial charge is 0.123 e. The van der Waals surface area contributed by atoms with Crippen molar-refractivity contribution in [3.8, 4) is 0 Å². The zero-order valence-corrected chi connectivity index (χ0v) is 9.14. The number of allylic oxidation sites excluding steroid dienone is 1. The molecule has 2 atom stereocenters. The van der Waals surface area contributed by atoms with Crippen molar-refractivity contribution in [3.63, 3.8) is 0 Å². The van der Waals surface area contributed by atoms with Gasteiger partial charge < -0.3 is 9.21 Å². The molecule has 3 heteroatoms. The predicted molar refractivity (Wildman–Crippen MR) is 60.7 cm³/mol. The molecular formula is C13H13NO2. The summed E-state index contributed by atoms with van der Waals surface area (Å²) in [7, 11) is 0. The summed E-state index contributed by atoms with van der Waals surface area (Å²) in [6, 6.07) is 0. The monoisotopic (exact) mass is 215 g/mol. The molecule has 1 aromatic rings. The van der Waals surface area contributed by atoms with E-state index >= 15 is 0 Å². The van der Waals surface area contributed by atoms with Crippen LogP contribution in [0, 0.1) is 5.92 Å². The Morgan fingerprint density at radius 1 is 1.56 bits per heavy atom. The number of nitrogens with zero attached hydrogens (tertiary/aromatic N) is 1. The first kappa shape index (κ1) is 9.58. The van der Waals surface area contributed by atoms with Crippen LogP contribution < -0.4 is 0 Å². The third kappa shape index (κ3) is 1.28. The van der Waals surface area contributed by atoms with Crippen molar-refractivity contribution in [2.24, 2.45) is 10.9 Å². The van der Waals surface area contributed by atoms with Gasteiger partial charge in [-0.3, -0.25) is 4.99 Å². The molecule has 0 bridgehead atoms. The lowest BCUT2D eigenvalue weighted by Gasteiger charge is -2.26. The minimum atomic E-state index is 0.0814. The van der Waals surface area contributed by atoms with Gasteiger partial charge in [0.05, 0.1) is 6.26 Å². The fraction of sp³-hybridized carbons (Fsp3) is 0.385. The normalized spacial score (nSPS) is 26.9. The first-order valence-electron chi connectivity index (χ1n) is 5.55. The zero-order valence-electron chi connectivity index (χ0n) is 9.14. The summed E-state index contributed by atoms with van der Waals surface area (Å²) >= 11 is 0. The minimum absolute atomic E-state index is 0.0814. The third-order valence-corrected chi connectivity index (χ3v) is 3.51. The van der Waals surface area contributed by atoms with Gasteiger partial charge in [-0.1, -0.05) is 0 Å². The van der Waals surface area contributed by atoms with E-state index in [9.17, 15) is 4.79 Å². The van der Waals surface area contributed by atoms with Crippen LogP contribution in [-0.4, -0.2) is 12.5 Å². The molecule has 0 fully saturated rings. The number of hydrogen-bond donors (Lipinski definition) is 0. The Morgan fingerprint density at radius 3 is 3.25 bits per heavy atom. The van der Waals surface area contributed by atoms with Crippen molar-refractivity contribution in [2.45, 2.75) is 25.7 Å². The van der Waals surface area contributed by atoms with Gasteiger partial charge in [0, 0.05) is 41.8 Å². The van der Waals surface area contributed by atoms with Crippen molar-refractivity contribution in [2.75, 3.05) is 0 Å². The largest absolute Gasteiger partial charge is 0.468 e. The Morgan fingerprint density at radius 2 is 2.44 bits per heavy atom. The lowest BCUT2D eigenvalue weighted by Crippen LogP contribution is -2.19. The molecule has 3 rings (SSSR count). The molecule has 1 aromatic heterocycles. The van der Waals surface area contributed by atoms with E-state index in [-0.39, 0.29) is 5.92 Å². The molecule has 0 aromatic carbocycles. The number of carbonyl (C=O) groups is 1. The Kier molecular flexibility index (Phi) is 2.06. The summed E-state index contributed by atoms with van der Waals surface area (Å²) in [5.41, 5.74) is 3.52. The average Bonchev–Trinajstić information content (AvgIpc) is 2.63. The molecule has 0 saturated heterocycles. The van der Waals surface area contributed by atoms with Crippen LogP contribution in [0.25, 0.3) is 0 Å². The Hall–Kier alpha value is -1.64. The van der Waals surface area contributed by atoms with E-state index in [4.69, 9.17) is 4.42 Å². The van der Waals surface area contributed by atoms with Crippen LogP contribution >= 0.6 is 0 Å². The van der Waals surface area contributed by atoms with Gasteiger partial charge >= 0.3 is 0 Å². The molecule has 82 valence electrons. The van der Waals surface area contributed by atoms with Gasteiger partial charge in [0.25, 0.3) is 0 Å². The van der Waals surface area contributed by atoms with Crippen LogP contribution in [-0.2, 0) is 11.2 Å². The van der Waals surface area contributed by atoms with Gasteiger partial charge in [0.2, 0.25) is 0 Å². The Labute approximate surface area is 93.9 Å². The molecule has 0 amide bonds. The summed E-state index contributed by atoms with van der Waals surface area (Å²) < 4.78 is 5.55. The van der Waals surface area contributed by atoms with Crippen molar-refractivity contribution >= 4 is 12.5 Å². The maximum Gasteiger partial charge on any atom is 0.123 e. The minimum Gasteiger partial charge on any atom is -0.468 e.